The van der Waals surface area contributed by atoms with Crippen LogP contribution in [0.5, 0.6) is 5.75 Å². The van der Waals surface area contributed by atoms with Crippen LogP contribution in [-0.2, 0) is 4.74 Å². The molecular weight excluding hydrogens is 399 g/mol. The van der Waals surface area contributed by atoms with Crippen LogP contribution in [0.1, 0.15) is 18.7 Å². The monoisotopic (exact) mass is 422 g/mol. The maximum absolute atomic E-state index is 15.0. The zero-order valence-electron chi connectivity index (χ0n) is 17.0. The van der Waals surface area contributed by atoms with E-state index in [1.54, 1.807) is 42.5 Å². The lowest BCUT2D eigenvalue weighted by atomic mass is 9.84. The van der Waals surface area contributed by atoms with Crippen molar-refractivity contribution in [3.05, 3.63) is 55.5 Å². The van der Waals surface area contributed by atoms with Gasteiger partial charge in [0.25, 0.3) is 0 Å². The Labute approximate surface area is 178 Å². The molecule has 0 aliphatic carbocycles. The van der Waals surface area contributed by atoms with Crippen LogP contribution in [0.3, 0.4) is 0 Å². The fourth-order valence-corrected chi connectivity index (χ4v) is 4.61. The summed E-state index contributed by atoms with van der Waals surface area (Å²) in [6.45, 7) is 4.07. The standard InChI is InChI=1S/C22H23FN6O2/c1-12(15-8-16-20(31-2)9-17(26-16)21(15)23)22-25-10-18(27-28-22)14-4-3-13(7-19(14)30)29-6-5-24-11-29/h3-7,10-11,15-17,20-21,26,30H,1,8-9H2,2H3/t15-,16?,17?,20+,21-/m0/s1. The van der Waals surface area contributed by atoms with Gasteiger partial charge in [-0.25, -0.2) is 14.4 Å². The molecule has 0 radical (unpaired) electrons. The molecule has 2 aromatic heterocycles. The summed E-state index contributed by atoms with van der Waals surface area (Å²) in [4.78, 5) is 8.37. The molecule has 3 aromatic rings. The van der Waals surface area contributed by atoms with Crippen LogP contribution in [0.4, 0.5) is 4.39 Å². The number of allylic oxidation sites excluding steroid dienone is 1. The summed E-state index contributed by atoms with van der Waals surface area (Å²) in [6, 6.07) is 5.06. The molecule has 2 fully saturated rings. The Morgan fingerprint density at radius 2 is 2.16 bits per heavy atom. The number of imidazole rings is 1. The third-order valence-electron chi connectivity index (χ3n) is 6.30. The topological polar surface area (TPSA) is 98.0 Å². The van der Waals surface area contributed by atoms with Gasteiger partial charge in [0.15, 0.2) is 5.82 Å². The number of hydrogen-bond donors (Lipinski definition) is 2. The van der Waals surface area contributed by atoms with E-state index in [0.29, 0.717) is 35.5 Å². The normalized spacial score (nSPS) is 27.4. The number of methoxy groups -OCH3 is 1. The van der Waals surface area contributed by atoms with E-state index in [1.165, 1.54) is 6.20 Å². The number of nitrogens with zero attached hydrogens (tertiary/aromatic N) is 5. The van der Waals surface area contributed by atoms with Gasteiger partial charge in [-0.3, -0.25) is 0 Å². The van der Waals surface area contributed by atoms with Crippen molar-refractivity contribution < 1.29 is 14.2 Å². The van der Waals surface area contributed by atoms with E-state index in [0.717, 1.165) is 5.69 Å². The number of alkyl halides is 1. The van der Waals surface area contributed by atoms with E-state index in [-0.39, 0.29) is 29.9 Å². The fourth-order valence-electron chi connectivity index (χ4n) is 4.61. The predicted molar refractivity (Wildman–Crippen MR) is 112 cm³/mol. The largest absolute Gasteiger partial charge is 0.507 e. The molecule has 4 heterocycles. The minimum atomic E-state index is -1.08. The Kier molecular flexibility index (Phi) is 4.99. The zero-order chi connectivity index (χ0) is 21.5. The van der Waals surface area contributed by atoms with E-state index < -0.39 is 6.17 Å². The molecule has 2 saturated heterocycles. The van der Waals surface area contributed by atoms with E-state index >= 15 is 4.39 Å². The van der Waals surface area contributed by atoms with Crippen LogP contribution in [0.25, 0.3) is 22.5 Å². The Morgan fingerprint density at radius 1 is 1.29 bits per heavy atom. The molecule has 0 spiro atoms. The first-order valence-corrected chi connectivity index (χ1v) is 10.2. The molecule has 160 valence electrons. The molecule has 2 unspecified atom stereocenters. The van der Waals surface area contributed by atoms with Gasteiger partial charge in [0, 0.05) is 49.1 Å². The van der Waals surface area contributed by atoms with Gasteiger partial charge in [-0.05, 0) is 30.5 Å². The smallest absolute Gasteiger partial charge is 0.177 e. The van der Waals surface area contributed by atoms with Crippen molar-refractivity contribution in [2.24, 2.45) is 5.92 Å². The van der Waals surface area contributed by atoms with Crippen LogP contribution in [0.2, 0.25) is 0 Å². The van der Waals surface area contributed by atoms with Crippen molar-refractivity contribution in [2.75, 3.05) is 7.11 Å². The first kappa shape index (κ1) is 19.8. The lowest BCUT2D eigenvalue weighted by Gasteiger charge is -2.33. The number of rotatable bonds is 5. The summed E-state index contributed by atoms with van der Waals surface area (Å²) in [5.74, 6) is -0.00801. The van der Waals surface area contributed by atoms with E-state index in [4.69, 9.17) is 4.74 Å². The lowest BCUT2D eigenvalue weighted by molar-refractivity contribution is 0.0864. The first-order valence-electron chi connectivity index (χ1n) is 10.2. The lowest BCUT2D eigenvalue weighted by Crippen LogP contribution is -2.48. The van der Waals surface area contributed by atoms with Crippen molar-refractivity contribution >= 4 is 5.57 Å². The highest BCUT2D eigenvalue weighted by Gasteiger charge is 2.48. The zero-order valence-corrected chi connectivity index (χ0v) is 17.0. The number of hydrogen-bond acceptors (Lipinski definition) is 7. The number of benzene rings is 1. The van der Waals surface area contributed by atoms with Gasteiger partial charge in [0.1, 0.15) is 17.6 Å². The number of phenols is 1. The molecule has 1 aromatic carbocycles. The number of piperidine rings is 1. The molecule has 5 atom stereocenters. The summed E-state index contributed by atoms with van der Waals surface area (Å²) in [6.07, 6.45) is 6.79. The maximum Gasteiger partial charge on any atom is 0.177 e. The molecular formula is C22H23FN6O2. The quantitative estimate of drug-likeness (QED) is 0.652. The van der Waals surface area contributed by atoms with Crippen LogP contribution in [0.15, 0.2) is 49.7 Å². The van der Waals surface area contributed by atoms with Crippen molar-refractivity contribution in [3.63, 3.8) is 0 Å². The highest BCUT2D eigenvalue weighted by molar-refractivity contribution is 5.68. The predicted octanol–water partition coefficient (Wildman–Crippen LogP) is 2.55. The van der Waals surface area contributed by atoms with Crippen LogP contribution >= 0.6 is 0 Å². The van der Waals surface area contributed by atoms with Gasteiger partial charge in [-0.1, -0.05) is 6.58 Å². The minimum absolute atomic E-state index is 0.00994. The average Bonchev–Trinajstić information content (AvgIpc) is 3.44. The Balaban J connectivity index is 1.35. The van der Waals surface area contributed by atoms with Crippen LogP contribution < -0.4 is 5.32 Å². The highest BCUT2D eigenvalue weighted by Crippen LogP contribution is 2.40. The van der Waals surface area contributed by atoms with E-state index in [1.807, 2.05) is 6.07 Å². The number of aromatic nitrogens is 5. The van der Waals surface area contributed by atoms with Crippen molar-refractivity contribution in [1.29, 1.82) is 0 Å². The average molecular weight is 422 g/mol. The van der Waals surface area contributed by atoms with Gasteiger partial charge in [0.2, 0.25) is 0 Å². The van der Waals surface area contributed by atoms with Crippen molar-refractivity contribution in [1.82, 2.24) is 30.0 Å². The number of phenolic OH excluding ortho intramolecular Hbond substituents is 1. The summed E-state index contributed by atoms with van der Waals surface area (Å²) in [7, 11) is 1.66. The van der Waals surface area contributed by atoms with Crippen LogP contribution in [-0.4, -0.2) is 61.3 Å². The fraction of sp³-hybridized carbons (Fsp3) is 0.364. The van der Waals surface area contributed by atoms with Gasteiger partial charge >= 0.3 is 0 Å². The molecule has 2 aliphatic heterocycles. The SMILES string of the molecule is C=C(c1ncc(-c2ccc(-n3ccnc3)cc2O)nn1)[C@@H]1CC2NC(C[C@H]2OC)[C@H]1F. The minimum Gasteiger partial charge on any atom is -0.507 e. The second-order valence-corrected chi connectivity index (χ2v) is 8.04. The molecule has 2 aliphatic rings. The van der Waals surface area contributed by atoms with Crippen molar-refractivity contribution in [3.8, 4) is 22.7 Å². The summed E-state index contributed by atoms with van der Waals surface area (Å²) < 4.78 is 22.3. The highest BCUT2D eigenvalue weighted by atomic mass is 19.1. The maximum atomic E-state index is 15.0. The first-order chi connectivity index (χ1) is 15.0. The molecule has 5 rings (SSSR count). The van der Waals surface area contributed by atoms with Gasteiger partial charge in [-0.2, -0.15) is 0 Å². The Morgan fingerprint density at radius 3 is 2.84 bits per heavy atom. The summed E-state index contributed by atoms with van der Waals surface area (Å²) in [5, 5.41) is 22.2. The number of fused-ring (bicyclic) bond motifs is 2. The van der Waals surface area contributed by atoms with Crippen LogP contribution in [0, 0.1) is 5.92 Å². The molecule has 31 heavy (non-hydrogen) atoms. The number of nitrogens with one attached hydrogen (secondary N) is 1. The molecule has 9 heteroatoms. The number of aromatic hydroxyl groups is 1. The number of ether oxygens (including phenoxy) is 1. The second-order valence-electron chi connectivity index (χ2n) is 8.04. The third kappa shape index (κ3) is 3.49. The Bertz CT molecular complexity index is 1090. The molecule has 8 nitrogen and oxygen atoms in total. The Hall–Kier alpha value is -3.17. The van der Waals surface area contributed by atoms with Gasteiger partial charge < -0.3 is 19.7 Å². The van der Waals surface area contributed by atoms with Gasteiger partial charge in [0.05, 0.1) is 24.3 Å². The van der Waals surface area contributed by atoms with E-state index in [9.17, 15) is 5.11 Å². The van der Waals surface area contributed by atoms with E-state index in [2.05, 4.69) is 32.1 Å². The summed E-state index contributed by atoms with van der Waals surface area (Å²) in [5.41, 5.74) is 2.24. The molecule has 2 N–H and O–H groups in total. The molecule has 0 saturated carbocycles. The third-order valence-corrected chi connectivity index (χ3v) is 6.30. The molecule has 0 amide bonds. The van der Waals surface area contributed by atoms with Crippen molar-refractivity contribution in [2.45, 2.75) is 37.2 Å². The second kappa shape index (κ2) is 7.82. The number of halogens is 1. The molecule has 2 bridgehead atoms. The van der Waals surface area contributed by atoms with Gasteiger partial charge in [-0.15, -0.1) is 10.2 Å². The summed E-state index contributed by atoms with van der Waals surface area (Å²) >= 11 is 0.